The summed E-state index contributed by atoms with van der Waals surface area (Å²) in [6.45, 7) is 4.30. The minimum atomic E-state index is 0.115. The molecule has 2 aromatic rings. The van der Waals surface area contributed by atoms with E-state index in [0.29, 0.717) is 5.92 Å². The van der Waals surface area contributed by atoms with Crippen molar-refractivity contribution < 1.29 is 0 Å². The van der Waals surface area contributed by atoms with Gasteiger partial charge < -0.3 is 5.73 Å². The van der Waals surface area contributed by atoms with Crippen molar-refractivity contribution in [2.75, 3.05) is 0 Å². The van der Waals surface area contributed by atoms with Crippen molar-refractivity contribution in [3.8, 4) is 0 Å². The quantitative estimate of drug-likeness (QED) is 0.856. The number of hydrogen-bond donors (Lipinski definition) is 1. The molecular formula is C18H21N. The largest absolute Gasteiger partial charge is 0.323 e. The van der Waals surface area contributed by atoms with E-state index in [1.807, 2.05) is 0 Å². The Morgan fingerprint density at radius 3 is 2.68 bits per heavy atom. The molecule has 2 N–H and O–H groups in total. The first kappa shape index (κ1) is 12.4. The fourth-order valence-electron chi connectivity index (χ4n) is 3.38. The van der Waals surface area contributed by atoms with Gasteiger partial charge in [-0.3, -0.25) is 0 Å². The SMILES string of the molecule is Cc1ccc(C(N)C2CCc3ccccc32)c(C)c1. The van der Waals surface area contributed by atoms with Crippen molar-refractivity contribution in [1.82, 2.24) is 0 Å². The Hall–Kier alpha value is -1.60. The second-order valence-electron chi connectivity index (χ2n) is 5.73. The standard InChI is InChI=1S/C18H21N/c1-12-7-9-15(13(2)11-12)18(19)17-10-8-14-5-3-4-6-16(14)17/h3-7,9,11,17-18H,8,10,19H2,1-2H3. The van der Waals surface area contributed by atoms with Crippen molar-refractivity contribution in [3.63, 3.8) is 0 Å². The number of nitrogens with two attached hydrogens (primary N) is 1. The molecule has 3 rings (SSSR count). The lowest BCUT2D eigenvalue weighted by atomic mass is 9.86. The number of aryl methyl sites for hydroxylation is 3. The first-order valence-corrected chi connectivity index (χ1v) is 7.07. The molecule has 1 nitrogen and oxygen atoms in total. The fourth-order valence-corrected chi connectivity index (χ4v) is 3.38. The zero-order valence-corrected chi connectivity index (χ0v) is 11.7. The monoisotopic (exact) mass is 251 g/mol. The fraction of sp³-hybridized carbons (Fsp3) is 0.333. The van der Waals surface area contributed by atoms with Crippen molar-refractivity contribution in [2.45, 2.75) is 38.6 Å². The van der Waals surface area contributed by atoms with Gasteiger partial charge in [-0.2, -0.15) is 0 Å². The van der Waals surface area contributed by atoms with Crippen LogP contribution in [0.5, 0.6) is 0 Å². The van der Waals surface area contributed by atoms with Gasteiger partial charge in [0.05, 0.1) is 0 Å². The summed E-state index contributed by atoms with van der Waals surface area (Å²) in [6.07, 6.45) is 2.34. The van der Waals surface area contributed by atoms with Crippen LogP contribution in [0.4, 0.5) is 0 Å². The zero-order valence-electron chi connectivity index (χ0n) is 11.7. The van der Waals surface area contributed by atoms with Gasteiger partial charge in [0.15, 0.2) is 0 Å². The highest BCUT2D eigenvalue weighted by molar-refractivity contribution is 5.40. The molecule has 0 saturated carbocycles. The molecule has 0 bridgehead atoms. The predicted octanol–water partition coefficient (Wildman–Crippen LogP) is 4.03. The van der Waals surface area contributed by atoms with E-state index in [9.17, 15) is 0 Å². The molecule has 0 heterocycles. The van der Waals surface area contributed by atoms with E-state index >= 15 is 0 Å². The Kier molecular flexibility index (Phi) is 3.16. The van der Waals surface area contributed by atoms with E-state index in [-0.39, 0.29) is 6.04 Å². The lowest BCUT2D eigenvalue weighted by Gasteiger charge is -2.22. The molecule has 0 spiro atoms. The Morgan fingerprint density at radius 2 is 1.89 bits per heavy atom. The van der Waals surface area contributed by atoms with Crippen LogP contribution in [0.2, 0.25) is 0 Å². The third-order valence-electron chi connectivity index (χ3n) is 4.40. The van der Waals surface area contributed by atoms with E-state index in [4.69, 9.17) is 5.73 Å². The van der Waals surface area contributed by atoms with Crippen LogP contribution in [0, 0.1) is 13.8 Å². The van der Waals surface area contributed by atoms with Gasteiger partial charge in [-0.25, -0.2) is 0 Å². The highest BCUT2D eigenvalue weighted by Crippen LogP contribution is 2.41. The summed E-state index contributed by atoms with van der Waals surface area (Å²) in [5, 5.41) is 0. The molecule has 1 aliphatic carbocycles. The molecule has 0 radical (unpaired) electrons. The summed E-state index contributed by atoms with van der Waals surface area (Å²) in [7, 11) is 0. The average Bonchev–Trinajstić information content (AvgIpc) is 2.82. The van der Waals surface area contributed by atoms with Gasteiger partial charge >= 0.3 is 0 Å². The topological polar surface area (TPSA) is 26.0 Å². The zero-order chi connectivity index (χ0) is 13.4. The molecule has 0 aliphatic heterocycles. The van der Waals surface area contributed by atoms with Crippen LogP contribution < -0.4 is 5.73 Å². The highest BCUT2D eigenvalue weighted by Gasteiger charge is 2.28. The van der Waals surface area contributed by atoms with Crippen molar-refractivity contribution in [1.29, 1.82) is 0 Å². The summed E-state index contributed by atoms with van der Waals surface area (Å²) in [6, 6.07) is 15.5. The lowest BCUT2D eigenvalue weighted by molar-refractivity contribution is 0.548. The van der Waals surface area contributed by atoms with Gasteiger partial charge in [0.2, 0.25) is 0 Å². The molecule has 98 valence electrons. The van der Waals surface area contributed by atoms with Crippen molar-refractivity contribution in [3.05, 3.63) is 70.3 Å². The second kappa shape index (κ2) is 4.82. The molecular weight excluding hydrogens is 230 g/mol. The molecule has 1 aliphatic rings. The maximum absolute atomic E-state index is 6.57. The van der Waals surface area contributed by atoms with Gasteiger partial charge in [-0.05, 0) is 48.9 Å². The second-order valence-corrected chi connectivity index (χ2v) is 5.73. The maximum atomic E-state index is 6.57. The normalized spacial score (nSPS) is 19.2. The Bertz CT molecular complexity index is 600. The van der Waals surface area contributed by atoms with E-state index in [1.54, 1.807) is 0 Å². The molecule has 19 heavy (non-hydrogen) atoms. The van der Waals surface area contributed by atoms with Gasteiger partial charge in [-0.15, -0.1) is 0 Å². The molecule has 2 aromatic carbocycles. The van der Waals surface area contributed by atoms with Crippen LogP contribution in [0.3, 0.4) is 0 Å². The van der Waals surface area contributed by atoms with Crippen LogP contribution in [-0.4, -0.2) is 0 Å². The Balaban J connectivity index is 1.95. The Morgan fingerprint density at radius 1 is 1.11 bits per heavy atom. The smallest absolute Gasteiger partial charge is 0.0367 e. The molecule has 0 fully saturated rings. The van der Waals surface area contributed by atoms with Gasteiger partial charge in [0, 0.05) is 12.0 Å². The number of rotatable bonds is 2. The van der Waals surface area contributed by atoms with Crippen molar-refractivity contribution in [2.24, 2.45) is 5.73 Å². The third kappa shape index (κ3) is 2.19. The molecule has 0 saturated heterocycles. The van der Waals surface area contributed by atoms with Crippen LogP contribution in [0.1, 0.15) is 46.2 Å². The first-order valence-electron chi connectivity index (χ1n) is 7.07. The molecule has 2 atom stereocenters. The maximum Gasteiger partial charge on any atom is 0.0367 e. The van der Waals surface area contributed by atoms with E-state index in [1.165, 1.54) is 40.7 Å². The van der Waals surface area contributed by atoms with Crippen LogP contribution in [0.25, 0.3) is 0 Å². The molecule has 2 unspecified atom stereocenters. The summed E-state index contributed by atoms with van der Waals surface area (Å²) in [4.78, 5) is 0. The first-order chi connectivity index (χ1) is 9.16. The predicted molar refractivity (Wildman–Crippen MR) is 80.3 cm³/mol. The highest BCUT2D eigenvalue weighted by atomic mass is 14.7. The minimum absolute atomic E-state index is 0.115. The molecule has 0 aromatic heterocycles. The summed E-state index contributed by atoms with van der Waals surface area (Å²) < 4.78 is 0. The van der Waals surface area contributed by atoms with E-state index in [2.05, 4.69) is 56.3 Å². The summed E-state index contributed by atoms with van der Waals surface area (Å²) >= 11 is 0. The number of hydrogen-bond acceptors (Lipinski definition) is 1. The van der Waals surface area contributed by atoms with E-state index in [0.717, 1.165) is 0 Å². The van der Waals surface area contributed by atoms with E-state index < -0.39 is 0 Å². The number of benzene rings is 2. The van der Waals surface area contributed by atoms with Crippen LogP contribution in [0.15, 0.2) is 42.5 Å². The van der Waals surface area contributed by atoms with Crippen molar-refractivity contribution >= 4 is 0 Å². The Labute approximate surface area is 115 Å². The summed E-state index contributed by atoms with van der Waals surface area (Å²) in [5.74, 6) is 0.470. The summed E-state index contributed by atoms with van der Waals surface area (Å²) in [5.41, 5.74) is 13.4. The molecule has 1 heteroatoms. The van der Waals surface area contributed by atoms with Gasteiger partial charge in [0.1, 0.15) is 0 Å². The van der Waals surface area contributed by atoms with Crippen LogP contribution in [-0.2, 0) is 6.42 Å². The van der Waals surface area contributed by atoms with Gasteiger partial charge in [0.25, 0.3) is 0 Å². The molecule has 0 amide bonds. The average molecular weight is 251 g/mol. The van der Waals surface area contributed by atoms with Crippen LogP contribution >= 0.6 is 0 Å². The third-order valence-corrected chi connectivity index (χ3v) is 4.40. The number of fused-ring (bicyclic) bond motifs is 1. The minimum Gasteiger partial charge on any atom is -0.323 e. The van der Waals surface area contributed by atoms with Gasteiger partial charge in [-0.1, -0.05) is 48.0 Å². The lowest BCUT2D eigenvalue weighted by Crippen LogP contribution is -2.19.